The maximum atomic E-state index is 14.1. The average molecular weight is 265 g/mol. The van der Waals surface area contributed by atoms with Crippen molar-refractivity contribution in [1.29, 1.82) is 0 Å². The van der Waals surface area contributed by atoms with E-state index in [1.807, 2.05) is 0 Å². The molecule has 0 bridgehead atoms. The Morgan fingerprint density at radius 3 is 2.47 bits per heavy atom. The molecule has 1 aromatic carbocycles. The van der Waals surface area contributed by atoms with Gasteiger partial charge in [0, 0.05) is 5.56 Å². The van der Waals surface area contributed by atoms with Crippen LogP contribution in [-0.2, 0) is 0 Å². The van der Waals surface area contributed by atoms with Crippen LogP contribution in [0.25, 0.3) is 0 Å². The second kappa shape index (κ2) is 4.84. The summed E-state index contributed by atoms with van der Waals surface area (Å²) in [6.45, 7) is 0. The minimum absolute atomic E-state index is 0.144. The van der Waals surface area contributed by atoms with Gasteiger partial charge in [0.15, 0.2) is 0 Å². The summed E-state index contributed by atoms with van der Waals surface area (Å²) in [7, 11) is 0. The number of aromatic nitrogens is 2. The highest BCUT2D eigenvalue weighted by atomic mass is 19.1. The van der Waals surface area contributed by atoms with Crippen molar-refractivity contribution in [3.05, 3.63) is 73.0 Å². The lowest BCUT2D eigenvalue weighted by atomic mass is 10.2. The standard InChI is InChI=1S/C11H8FN3O4/c12-9(7-4-2-1-3-5-7)14-6-8(15(18)19)10(16)13-11(14)17/h1-6,9H,(H,13,16,17). The second-order valence-corrected chi connectivity index (χ2v) is 3.68. The first-order chi connectivity index (χ1) is 9.00. The number of aromatic amines is 1. The van der Waals surface area contributed by atoms with Gasteiger partial charge in [-0.3, -0.25) is 24.5 Å². The van der Waals surface area contributed by atoms with E-state index in [0.29, 0.717) is 10.8 Å². The summed E-state index contributed by atoms with van der Waals surface area (Å²) in [6.07, 6.45) is -1.32. The van der Waals surface area contributed by atoms with E-state index >= 15 is 0 Å². The molecule has 1 unspecified atom stereocenters. The van der Waals surface area contributed by atoms with Crippen molar-refractivity contribution in [1.82, 2.24) is 9.55 Å². The molecule has 1 atom stereocenters. The van der Waals surface area contributed by atoms with E-state index in [1.54, 1.807) is 23.2 Å². The van der Waals surface area contributed by atoms with Gasteiger partial charge in [0.25, 0.3) is 0 Å². The van der Waals surface area contributed by atoms with E-state index in [0.717, 1.165) is 0 Å². The first-order valence-corrected chi connectivity index (χ1v) is 5.19. The summed E-state index contributed by atoms with van der Waals surface area (Å²) in [6, 6.07) is 7.64. The van der Waals surface area contributed by atoms with Crippen LogP contribution >= 0.6 is 0 Å². The number of H-pyrrole nitrogens is 1. The predicted octanol–water partition coefficient (Wildman–Crippen LogP) is 0.961. The lowest BCUT2D eigenvalue weighted by Crippen LogP contribution is -2.32. The van der Waals surface area contributed by atoms with E-state index in [2.05, 4.69) is 0 Å². The lowest BCUT2D eigenvalue weighted by Gasteiger charge is -2.10. The van der Waals surface area contributed by atoms with E-state index in [1.165, 1.54) is 12.1 Å². The first-order valence-electron chi connectivity index (χ1n) is 5.19. The zero-order chi connectivity index (χ0) is 14.0. The molecule has 0 fully saturated rings. The molecule has 1 aromatic heterocycles. The third-order valence-electron chi connectivity index (χ3n) is 2.46. The number of nitro groups is 1. The van der Waals surface area contributed by atoms with E-state index in [4.69, 9.17) is 0 Å². The number of alkyl halides is 1. The molecule has 0 radical (unpaired) electrons. The molecule has 8 heteroatoms. The molecule has 19 heavy (non-hydrogen) atoms. The molecule has 0 spiro atoms. The Labute approximate surface area is 105 Å². The first kappa shape index (κ1) is 12.7. The molecule has 0 amide bonds. The van der Waals surface area contributed by atoms with Crippen molar-refractivity contribution in [2.75, 3.05) is 0 Å². The summed E-state index contributed by atoms with van der Waals surface area (Å²) in [5.74, 6) is 0. The van der Waals surface area contributed by atoms with Crippen LogP contribution < -0.4 is 11.2 Å². The molecule has 0 saturated carbocycles. The van der Waals surface area contributed by atoms with Gasteiger partial charge in [-0.05, 0) is 0 Å². The van der Waals surface area contributed by atoms with E-state index in [-0.39, 0.29) is 5.56 Å². The van der Waals surface area contributed by atoms with Gasteiger partial charge in [-0.1, -0.05) is 30.3 Å². The summed E-state index contributed by atoms with van der Waals surface area (Å²) in [4.78, 5) is 34.0. The fourth-order valence-corrected chi connectivity index (χ4v) is 1.55. The number of halogens is 1. The van der Waals surface area contributed by atoms with Crippen LogP contribution in [0.3, 0.4) is 0 Å². The van der Waals surface area contributed by atoms with Crippen LogP contribution in [0, 0.1) is 10.1 Å². The highest BCUT2D eigenvalue weighted by Crippen LogP contribution is 2.18. The molecule has 0 aliphatic rings. The van der Waals surface area contributed by atoms with Crippen molar-refractivity contribution < 1.29 is 9.31 Å². The van der Waals surface area contributed by atoms with Crippen LogP contribution in [-0.4, -0.2) is 14.5 Å². The van der Waals surface area contributed by atoms with Gasteiger partial charge in [-0.25, -0.2) is 9.18 Å². The van der Waals surface area contributed by atoms with Crippen LogP contribution in [0.4, 0.5) is 10.1 Å². The number of nitrogens with zero attached hydrogens (tertiary/aromatic N) is 2. The normalized spacial score (nSPS) is 12.1. The Hall–Kier alpha value is -2.77. The van der Waals surface area contributed by atoms with Gasteiger partial charge in [0.05, 0.1) is 11.1 Å². The Kier molecular flexibility index (Phi) is 3.23. The zero-order valence-electron chi connectivity index (χ0n) is 9.45. The Bertz CT molecular complexity index is 723. The fourth-order valence-electron chi connectivity index (χ4n) is 1.55. The summed E-state index contributed by atoms with van der Waals surface area (Å²) < 4.78 is 14.6. The number of nitrogens with one attached hydrogen (secondary N) is 1. The molecule has 2 aromatic rings. The number of hydrogen-bond acceptors (Lipinski definition) is 4. The van der Waals surface area contributed by atoms with Crippen LogP contribution in [0.15, 0.2) is 46.1 Å². The SMILES string of the molecule is O=c1[nH]c(=O)n(C(F)c2ccccc2)cc1[N+](=O)[O-]. The smallest absolute Gasteiger partial charge is 0.268 e. The molecular weight excluding hydrogens is 257 g/mol. The molecular formula is C11H8FN3O4. The fraction of sp³-hybridized carbons (Fsp3) is 0.0909. The van der Waals surface area contributed by atoms with Gasteiger partial charge in [0.2, 0.25) is 6.30 Å². The Morgan fingerprint density at radius 1 is 1.26 bits per heavy atom. The van der Waals surface area contributed by atoms with Crippen molar-refractivity contribution in [2.24, 2.45) is 0 Å². The molecule has 0 aliphatic carbocycles. The zero-order valence-corrected chi connectivity index (χ0v) is 9.45. The highest BCUT2D eigenvalue weighted by molar-refractivity contribution is 5.23. The van der Waals surface area contributed by atoms with Gasteiger partial charge < -0.3 is 0 Å². The molecule has 0 saturated heterocycles. The van der Waals surface area contributed by atoms with Gasteiger partial charge in [-0.2, -0.15) is 0 Å². The molecule has 98 valence electrons. The summed E-state index contributed by atoms with van der Waals surface area (Å²) >= 11 is 0. The van der Waals surface area contributed by atoms with E-state index < -0.39 is 28.2 Å². The molecule has 0 aliphatic heterocycles. The maximum Gasteiger partial charge on any atom is 0.350 e. The highest BCUT2D eigenvalue weighted by Gasteiger charge is 2.20. The minimum Gasteiger partial charge on any atom is -0.268 e. The van der Waals surface area contributed by atoms with E-state index in [9.17, 15) is 24.1 Å². The van der Waals surface area contributed by atoms with Crippen LogP contribution in [0.1, 0.15) is 11.9 Å². The Morgan fingerprint density at radius 2 is 1.89 bits per heavy atom. The van der Waals surface area contributed by atoms with Crippen molar-refractivity contribution in [2.45, 2.75) is 6.30 Å². The largest absolute Gasteiger partial charge is 0.350 e. The number of hydrogen-bond donors (Lipinski definition) is 1. The molecule has 1 heterocycles. The van der Waals surface area contributed by atoms with Crippen LogP contribution in [0.2, 0.25) is 0 Å². The molecule has 1 N–H and O–H groups in total. The predicted molar refractivity (Wildman–Crippen MR) is 63.7 cm³/mol. The van der Waals surface area contributed by atoms with Crippen molar-refractivity contribution >= 4 is 5.69 Å². The molecule has 7 nitrogen and oxygen atoms in total. The third kappa shape index (κ3) is 2.41. The average Bonchev–Trinajstić information content (AvgIpc) is 2.38. The lowest BCUT2D eigenvalue weighted by molar-refractivity contribution is -0.386. The van der Waals surface area contributed by atoms with Crippen molar-refractivity contribution in [3.63, 3.8) is 0 Å². The minimum atomic E-state index is -1.91. The van der Waals surface area contributed by atoms with Gasteiger partial charge >= 0.3 is 16.9 Å². The summed E-state index contributed by atoms with van der Waals surface area (Å²) in [5.41, 5.74) is -2.96. The maximum absolute atomic E-state index is 14.1. The number of benzene rings is 1. The van der Waals surface area contributed by atoms with Crippen molar-refractivity contribution in [3.8, 4) is 0 Å². The topological polar surface area (TPSA) is 98.0 Å². The van der Waals surface area contributed by atoms with Gasteiger partial charge in [-0.15, -0.1) is 0 Å². The third-order valence-corrected chi connectivity index (χ3v) is 2.46. The number of rotatable bonds is 3. The van der Waals surface area contributed by atoms with Crippen LogP contribution in [0.5, 0.6) is 0 Å². The Balaban J connectivity index is 2.57. The van der Waals surface area contributed by atoms with Gasteiger partial charge in [0.1, 0.15) is 0 Å². The second-order valence-electron chi connectivity index (χ2n) is 3.68. The monoisotopic (exact) mass is 265 g/mol. The molecule has 2 rings (SSSR count). The quantitative estimate of drug-likeness (QED) is 0.660. The summed E-state index contributed by atoms with van der Waals surface area (Å²) in [5, 5.41) is 10.6.